The number of carboxylic acids is 1. The molecular weight excluding hydrogens is 296 g/mol. The van der Waals surface area contributed by atoms with Crippen molar-refractivity contribution in [3.8, 4) is 0 Å². The molecule has 1 aromatic rings. The van der Waals surface area contributed by atoms with Crippen LogP contribution in [0.1, 0.15) is 44.8 Å². The van der Waals surface area contributed by atoms with E-state index in [0.717, 1.165) is 45.3 Å². The van der Waals surface area contributed by atoms with Crippen LogP contribution in [0.5, 0.6) is 0 Å². The number of piperidine rings is 1. The zero-order valence-electron chi connectivity index (χ0n) is 13.9. The van der Waals surface area contributed by atoms with Gasteiger partial charge in [-0.1, -0.05) is 19.0 Å². The molecule has 2 fully saturated rings. The Morgan fingerprint density at radius 3 is 2.87 bits per heavy atom. The van der Waals surface area contributed by atoms with Gasteiger partial charge in [-0.2, -0.15) is 4.98 Å². The summed E-state index contributed by atoms with van der Waals surface area (Å²) in [5.74, 6) is 0.946. The fraction of sp³-hybridized carbons (Fsp3) is 0.812. The summed E-state index contributed by atoms with van der Waals surface area (Å²) in [5, 5.41) is 17.0. The molecule has 2 aliphatic heterocycles. The van der Waals surface area contributed by atoms with E-state index in [1.165, 1.54) is 0 Å². The molecule has 0 bridgehead atoms. The number of likely N-dealkylation sites (tertiary alicyclic amines) is 1. The highest BCUT2D eigenvalue weighted by Crippen LogP contribution is 2.42. The van der Waals surface area contributed by atoms with Crippen LogP contribution in [0.25, 0.3) is 0 Å². The first kappa shape index (κ1) is 16.4. The summed E-state index contributed by atoms with van der Waals surface area (Å²) in [6.07, 6.45) is 3.56. The number of carbonyl (C=O) groups is 1. The number of nitrogens with one attached hydrogen (secondary N) is 1. The first-order valence-electron chi connectivity index (χ1n) is 8.46. The van der Waals surface area contributed by atoms with Gasteiger partial charge in [0.1, 0.15) is 6.04 Å². The lowest BCUT2D eigenvalue weighted by Crippen LogP contribution is -2.38. The molecule has 0 aliphatic carbocycles. The van der Waals surface area contributed by atoms with Crippen LogP contribution in [0.15, 0.2) is 4.52 Å². The third kappa shape index (κ3) is 3.72. The number of nitrogens with zero attached hydrogens (tertiary/aromatic N) is 3. The molecule has 0 aromatic carbocycles. The summed E-state index contributed by atoms with van der Waals surface area (Å²) in [5.41, 5.74) is 0.124. The van der Waals surface area contributed by atoms with E-state index in [-0.39, 0.29) is 5.41 Å². The smallest absolute Gasteiger partial charge is 0.320 e. The highest BCUT2D eigenvalue weighted by molar-refractivity contribution is 5.74. The Labute approximate surface area is 136 Å². The van der Waals surface area contributed by atoms with Crippen LogP contribution < -0.4 is 5.32 Å². The highest BCUT2D eigenvalue weighted by Gasteiger charge is 2.47. The lowest BCUT2D eigenvalue weighted by molar-refractivity contribution is -0.142. The van der Waals surface area contributed by atoms with Crippen LogP contribution in [0.4, 0.5) is 0 Å². The van der Waals surface area contributed by atoms with Gasteiger partial charge in [0, 0.05) is 13.0 Å². The zero-order chi connectivity index (χ0) is 16.4. The summed E-state index contributed by atoms with van der Waals surface area (Å²) in [7, 11) is 0. The molecule has 1 aromatic heterocycles. The number of carboxylic acid groups (broad SMARTS) is 1. The van der Waals surface area contributed by atoms with Crippen molar-refractivity contribution in [2.24, 2.45) is 11.3 Å². The molecule has 0 saturated carbocycles. The van der Waals surface area contributed by atoms with Crippen molar-refractivity contribution >= 4 is 5.97 Å². The molecule has 2 aliphatic rings. The van der Waals surface area contributed by atoms with Crippen LogP contribution >= 0.6 is 0 Å². The minimum Gasteiger partial charge on any atom is -0.480 e. The largest absolute Gasteiger partial charge is 0.480 e. The summed E-state index contributed by atoms with van der Waals surface area (Å²) in [6.45, 7) is 7.41. The Bertz CT molecular complexity index is 551. The van der Waals surface area contributed by atoms with Crippen LogP contribution in [0.3, 0.4) is 0 Å². The fourth-order valence-corrected chi connectivity index (χ4v) is 3.84. The monoisotopic (exact) mass is 322 g/mol. The van der Waals surface area contributed by atoms with Gasteiger partial charge in [0.25, 0.3) is 0 Å². The summed E-state index contributed by atoms with van der Waals surface area (Å²) in [4.78, 5) is 18.1. The lowest BCUT2D eigenvalue weighted by Gasteiger charge is -2.33. The Kier molecular flexibility index (Phi) is 4.68. The van der Waals surface area contributed by atoms with Crippen molar-refractivity contribution in [1.82, 2.24) is 20.4 Å². The van der Waals surface area contributed by atoms with Gasteiger partial charge in [-0.3, -0.25) is 9.69 Å². The Hall–Kier alpha value is -1.47. The average molecular weight is 322 g/mol. The van der Waals surface area contributed by atoms with E-state index in [1.807, 2.05) is 4.90 Å². The van der Waals surface area contributed by atoms with Gasteiger partial charge in [-0.15, -0.1) is 0 Å². The van der Waals surface area contributed by atoms with Gasteiger partial charge < -0.3 is 14.9 Å². The maximum atomic E-state index is 11.7. The van der Waals surface area contributed by atoms with E-state index in [9.17, 15) is 9.90 Å². The second kappa shape index (κ2) is 6.57. The van der Waals surface area contributed by atoms with E-state index >= 15 is 0 Å². The third-order valence-electron chi connectivity index (χ3n) is 4.99. The quantitative estimate of drug-likeness (QED) is 0.844. The van der Waals surface area contributed by atoms with Crippen LogP contribution in [-0.4, -0.2) is 51.8 Å². The molecule has 2 saturated heterocycles. The molecule has 23 heavy (non-hydrogen) atoms. The normalized spacial score (nSPS) is 24.6. The fourth-order valence-electron chi connectivity index (χ4n) is 3.84. The number of hydrogen-bond donors (Lipinski definition) is 2. The molecule has 7 heteroatoms. The van der Waals surface area contributed by atoms with Gasteiger partial charge in [0.2, 0.25) is 5.89 Å². The predicted octanol–water partition coefficient (Wildman–Crippen LogP) is 1.30. The molecule has 0 amide bonds. The molecule has 3 heterocycles. The van der Waals surface area contributed by atoms with Gasteiger partial charge >= 0.3 is 5.97 Å². The maximum Gasteiger partial charge on any atom is 0.320 e. The summed E-state index contributed by atoms with van der Waals surface area (Å²) < 4.78 is 5.27. The second-order valence-electron chi connectivity index (χ2n) is 7.42. The molecule has 0 radical (unpaired) electrons. The van der Waals surface area contributed by atoms with Crippen molar-refractivity contribution in [3.63, 3.8) is 0 Å². The second-order valence-corrected chi connectivity index (χ2v) is 7.42. The van der Waals surface area contributed by atoms with Crippen molar-refractivity contribution in [2.45, 2.75) is 52.1 Å². The minimum atomic E-state index is -0.744. The molecule has 128 valence electrons. The minimum absolute atomic E-state index is 0.124. The van der Waals surface area contributed by atoms with Gasteiger partial charge in [0.15, 0.2) is 5.82 Å². The summed E-state index contributed by atoms with van der Waals surface area (Å²) >= 11 is 0. The third-order valence-corrected chi connectivity index (χ3v) is 4.99. The zero-order valence-corrected chi connectivity index (χ0v) is 13.9. The standard InChI is InChI=1S/C16H26N4O3/c1-11(2)7-14-18-13(19-23-14)9-20-10-16(3-5-17-6-4-16)8-12(20)15(21)22/h11-12,17H,3-10H2,1-2H3,(H,21,22). The number of aromatic nitrogens is 2. The van der Waals surface area contributed by atoms with E-state index < -0.39 is 12.0 Å². The van der Waals surface area contributed by atoms with Gasteiger partial charge in [-0.05, 0) is 43.7 Å². The van der Waals surface area contributed by atoms with E-state index in [0.29, 0.717) is 24.2 Å². The molecular formula is C16H26N4O3. The Morgan fingerprint density at radius 2 is 2.22 bits per heavy atom. The first-order valence-corrected chi connectivity index (χ1v) is 8.46. The van der Waals surface area contributed by atoms with E-state index in [2.05, 4.69) is 29.3 Å². The molecule has 1 atom stereocenters. The molecule has 1 spiro atoms. The van der Waals surface area contributed by atoms with Crippen LogP contribution in [0, 0.1) is 11.3 Å². The number of rotatable bonds is 5. The maximum absolute atomic E-state index is 11.7. The molecule has 3 rings (SSSR count). The first-order chi connectivity index (χ1) is 11.0. The van der Waals surface area contributed by atoms with Gasteiger partial charge in [0.05, 0.1) is 6.54 Å². The van der Waals surface area contributed by atoms with Crippen molar-refractivity contribution < 1.29 is 14.4 Å². The van der Waals surface area contributed by atoms with Gasteiger partial charge in [-0.25, -0.2) is 0 Å². The highest BCUT2D eigenvalue weighted by atomic mass is 16.5. The molecule has 7 nitrogen and oxygen atoms in total. The van der Waals surface area contributed by atoms with Crippen molar-refractivity contribution in [3.05, 3.63) is 11.7 Å². The van der Waals surface area contributed by atoms with E-state index in [4.69, 9.17) is 4.52 Å². The Morgan fingerprint density at radius 1 is 1.48 bits per heavy atom. The molecule has 1 unspecified atom stereocenters. The average Bonchev–Trinajstić information content (AvgIpc) is 3.05. The topological polar surface area (TPSA) is 91.5 Å². The Balaban J connectivity index is 1.69. The molecule has 2 N–H and O–H groups in total. The number of hydrogen-bond acceptors (Lipinski definition) is 6. The van der Waals surface area contributed by atoms with E-state index in [1.54, 1.807) is 0 Å². The van der Waals surface area contributed by atoms with Crippen LogP contribution in [0.2, 0.25) is 0 Å². The predicted molar refractivity (Wildman–Crippen MR) is 83.8 cm³/mol. The van der Waals surface area contributed by atoms with Crippen molar-refractivity contribution in [2.75, 3.05) is 19.6 Å². The summed E-state index contributed by atoms with van der Waals surface area (Å²) in [6, 6.07) is -0.444. The SMILES string of the molecule is CC(C)Cc1nc(CN2CC3(CCNCC3)CC2C(=O)O)no1. The lowest BCUT2D eigenvalue weighted by atomic mass is 9.77. The number of aliphatic carboxylic acids is 1. The van der Waals surface area contributed by atoms with Crippen molar-refractivity contribution in [1.29, 1.82) is 0 Å². The van der Waals surface area contributed by atoms with Crippen LogP contribution in [-0.2, 0) is 17.8 Å².